The van der Waals surface area contributed by atoms with Crippen LogP contribution in [0.5, 0.6) is 0 Å². The third-order valence-electron chi connectivity index (χ3n) is 4.07. The first-order valence-corrected chi connectivity index (χ1v) is 8.19. The number of nitrogens with zero attached hydrogens (tertiary/aromatic N) is 2. The van der Waals surface area contributed by atoms with Crippen molar-refractivity contribution in [3.8, 4) is 0 Å². The molecule has 0 atom stereocenters. The van der Waals surface area contributed by atoms with Crippen molar-refractivity contribution < 1.29 is 0 Å². The number of rotatable bonds is 5. The van der Waals surface area contributed by atoms with Crippen molar-refractivity contribution in [3.63, 3.8) is 0 Å². The molecule has 0 spiro atoms. The number of aromatic nitrogens is 1. The number of para-hydroxylation sites is 1. The second-order valence-corrected chi connectivity index (χ2v) is 5.50. The molecule has 1 aromatic heterocycles. The first-order chi connectivity index (χ1) is 11.3. The van der Waals surface area contributed by atoms with Crippen molar-refractivity contribution in [3.05, 3.63) is 78.0 Å². The molecule has 0 amide bonds. The Balaban J connectivity index is 2.11. The fourth-order valence-corrected chi connectivity index (χ4v) is 2.81. The highest BCUT2D eigenvalue weighted by molar-refractivity contribution is 5.84. The molecule has 3 rings (SSSR count). The summed E-state index contributed by atoms with van der Waals surface area (Å²) >= 11 is 0. The molecule has 2 nitrogen and oxygen atoms in total. The molecular formula is C21H22N2. The zero-order chi connectivity index (χ0) is 16.1. The fraction of sp³-hybridized carbons (Fsp3) is 0.190. The standard InChI is InChI=1S/C21H22N2/c1-3-23(4-2)21(16-17-10-6-5-7-11-17)20-15-14-18-12-8-9-13-19(18)22-20/h5-16H,3-4H2,1-2H3. The highest BCUT2D eigenvalue weighted by Crippen LogP contribution is 2.23. The van der Waals surface area contributed by atoms with Crippen LogP contribution in [0.25, 0.3) is 22.7 Å². The van der Waals surface area contributed by atoms with E-state index in [1.54, 1.807) is 0 Å². The molecule has 23 heavy (non-hydrogen) atoms. The molecule has 1 heterocycles. The van der Waals surface area contributed by atoms with Gasteiger partial charge in [-0.3, -0.25) is 0 Å². The monoisotopic (exact) mass is 302 g/mol. The molecule has 0 saturated heterocycles. The van der Waals surface area contributed by atoms with Gasteiger partial charge in [0.05, 0.1) is 16.9 Å². The van der Waals surface area contributed by atoms with Crippen LogP contribution < -0.4 is 0 Å². The number of benzene rings is 2. The lowest BCUT2D eigenvalue weighted by Crippen LogP contribution is -2.21. The van der Waals surface area contributed by atoms with E-state index in [-0.39, 0.29) is 0 Å². The maximum atomic E-state index is 4.88. The molecule has 0 bridgehead atoms. The van der Waals surface area contributed by atoms with Crippen LogP contribution in [0.1, 0.15) is 25.1 Å². The van der Waals surface area contributed by atoms with E-state index in [0.717, 1.165) is 24.3 Å². The second-order valence-electron chi connectivity index (χ2n) is 5.50. The third kappa shape index (κ3) is 3.42. The highest BCUT2D eigenvalue weighted by Gasteiger charge is 2.11. The molecule has 0 aliphatic rings. The zero-order valence-corrected chi connectivity index (χ0v) is 13.7. The SMILES string of the molecule is CCN(CC)C(=Cc1ccccc1)c1ccc2ccccc2n1. The lowest BCUT2D eigenvalue weighted by molar-refractivity contribution is 0.442. The van der Waals surface area contributed by atoms with Crippen molar-refractivity contribution in [2.75, 3.05) is 13.1 Å². The van der Waals surface area contributed by atoms with Crippen LogP contribution in [-0.2, 0) is 0 Å². The van der Waals surface area contributed by atoms with Crippen molar-refractivity contribution in [1.29, 1.82) is 0 Å². The number of fused-ring (bicyclic) bond motifs is 1. The quantitative estimate of drug-likeness (QED) is 0.654. The summed E-state index contributed by atoms with van der Waals surface area (Å²) in [5, 5.41) is 1.18. The molecule has 2 heteroatoms. The van der Waals surface area contributed by atoms with Gasteiger partial charge < -0.3 is 4.90 Å². The van der Waals surface area contributed by atoms with Gasteiger partial charge in [-0.2, -0.15) is 0 Å². The summed E-state index contributed by atoms with van der Waals surface area (Å²) in [6, 6.07) is 23.0. The molecule has 0 N–H and O–H groups in total. The van der Waals surface area contributed by atoms with Crippen LogP contribution in [0.2, 0.25) is 0 Å². The topological polar surface area (TPSA) is 16.1 Å². The Kier molecular flexibility index (Phi) is 4.72. The summed E-state index contributed by atoms with van der Waals surface area (Å²) in [6.07, 6.45) is 2.23. The van der Waals surface area contributed by atoms with Gasteiger partial charge in [0.25, 0.3) is 0 Å². The maximum Gasteiger partial charge on any atom is 0.0871 e. The Morgan fingerprint density at radius 3 is 2.30 bits per heavy atom. The van der Waals surface area contributed by atoms with E-state index in [1.165, 1.54) is 16.6 Å². The minimum atomic E-state index is 0.962. The zero-order valence-electron chi connectivity index (χ0n) is 13.7. The first kappa shape index (κ1) is 15.3. The minimum absolute atomic E-state index is 0.962. The molecule has 0 aliphatic carbocycles. The Bertz CT molecular complexity index is 802. The average Bonchev–Trinajstić information content (AvgIpc) is 2.62. The van der Waals surface area contributed by atoms with Gasteiger partial charge in [0.15, 0.2) is 0 Å². The van der Waals surface area contributed by atoms with Crippen molar-refractivity contribution in [1.82, 2.24) is 9.88 Å². The van der Waals surface area contributed by atoms with Crippen molar-refractivity contribution >= 4 is 22.7 Å². The Hall–Kier alpha value is -2.61. The number of pyridine rings is 1. The van der Waals surface area contributed by atoms with Gasteiger partial charge in [0.2, 0.25) is 0 Å². The van der Waals surface area contributed by atoms with E-state index in [4.69, 9.17) is 4.98 Å². The van der Waals surface area contributed by atoms with Crippen LogP contribution in [0.3, 0.4) is 0 Å². The van der Waals surface area contributed by atoms with Gasteiger partial charge in [0, 0.05) is 18.5 Å². The van der Waals surface area contributed by atoms with Gasteiger partial charge in [-0.1, -0.05) is 54.6 Å². The van der Waals surface area contributed by atoms with Crippen LogP contribution in [0, 0.1) is 0 Å². The molecule has 0 fully saturated rings. The summed E-state index contributed by atoms with van der Waals surface area (Å²) in [7, 11) is 0. The highest BCUT2D eigenvalue weighted by atomic mass is 15.1. The third-order valence-corrected chi connectivity index (χ3v) is 4.07. The van der Waals surface area contributed by atoms with E-state index in [9.17, 15) is 0 Å². The van der Waals surface area contributed by atoms with Gasteiger partial charge in [0.1, 0.15) is 0 Å². The molecular weight excluding hydrogens is 280 g/mol. The summed E-state index contributed by atoms with van der Waals surface area (Å²) in [6.45, 7) is 6.29. The summed E-state index contributed by atoms with van der Waals surface area (Å²) in [4.78, 5) is 7.23. The smallest absolute Gasteiger partial charge is 0.0871 e. The largest absolute Gasteiger partial charge is 0.370 e. The molecule has 116 valence electrons. The molecule has 2 aromatic carbocycles. The number of hydrogen-bond donors (Lipinski definition) is 0. The second kappa shape index (κ2) is 7.10. The Morgan fingerprint density at radius 1 is 0.870 bits per heavy atom. The minimum Gasteiger partial charge on any atom is -0.370 e. The van der Waals surface area contributed by atoms with Crippen LogP contribution in [0.4, 0.5) is 0 Å². The predicted octanol–water partition coefficient (Wildman–Crippen LogP) is 5.07. The van der Waals surface area contributed by atoms with E-state index in [2.05, 4.69) is 79.4 Å². The summed E-state index contributed by atoms with van der Waals surface area (Å²) in [5.41, 5.74) is 4.43. The van der Waals surface area contributed by atoms with Crippen LogP contribution >= 0.6 is 0 Å². The van der Waals surface area contributed by atoms with Gasteiger partial charge in [-0.05, 0) is 37.6 Å². The van der Waals surface area contributed by atoms with Gasteiger partial charge in [-0.25, -0.2) is 4.98 Å². The first-order valence-electron chi connectivity index (χ1n) is 8.19. The predicted molar refractivity (Wildman–Crippen MR) is 99.0 cm³/mol. The fourth-order valence-electron chi connectivity index (χ4n) is 2.81. The lowest BCUT2D eigenvalue weighted by atomic mass is 10.1. The van der Waals surface area contributed by atoms with E-state index in [1.807, 2.05) is 12.1 Å². The van der Waals surface area contributed by atoms with E-state index < -0.39 is 0 Å². The summed E-state index contributed by atoms with van der Waals surface area (Å²) < 4.78 is 0. The van der Waals surface area contributed by atoms with Crippen molar-refractivity contribution in [2.24, 2.45) is 0 Å². The van der Waals surface area contributed by atoms with E-state index in [0.29, 0.717) is 0 Å². The molecule has 0 aliphatic heterocycles. The lowest BCUT2D eigenvalue weighted by Gasteiger charge is -2.24. The van der Waals surface area contributed by atoms with Gasteiger partial charge in [-0.15, -0.1) is 0 Å². The number of hydrogen-bond acceptors (Lipinski definition) is 2. The van der Waals surface area contributed by atoms with Crippen molar-refractivity contribution in [2.45, 2.75) is 13.8 Å². The molecule has 0 radical (unpaired) electrons. The molecule has 0 unspecified atom stereocenters. The van der Waals surface area contributed by atoms with Crippen LogP contribution in [-0.4, -0.2) is 23.0 Å². The maximum absolute atomic E-state index is 4.88. The molecule has 0 saturated carbocycles. The van der Waals surface area contributed by atoms with Crippen LogP contribution in [0.15, 0.2) is 66.7 Å². The Labute approximate surface area is 138 Å². The Morgan fingerprint density at radius 2 is 1.57 bits per heavy atom. The summed E-state index contributed by atoms with van der Waals surface area (Å²) in [5.74, 6) is 0. The van der Waals surface area contributed by atoms with E-state index >= 15 is 0 Å². The normalized spacial score (nSPS) is 11.7. The average molecular weight is 302 g/mol. The van der Waals surface area contributed by atoms with Gasteiger partial charge >= 0.3 is 0 Å². The molecule has 3 aromatic rings.